The number of rotatable bonds is 19. The smallest absolute Gasteiger partial charge is 0.434 e. The summed E-state index contributed by atoms with van der Waals surface area (Å²) in [4.78, 5) is 47.3. The van der Waals surface area contributed by atoms with E-state index in [1.165, 1.54) is 24.3 Å². The van der Waals surface area contributed by atoms with Gasteiger partial charge in [-0.3, -0.25) is 24.3 Å². The largest absolute Gasteiger partial charge is 0.491 e. The molecule has 1 N–H and O–H groups in total. The number of halogens is 3. The summed E-state index contributed by atoms with van der Waals surface area (Å²) in [5, 5.41) is 4.42. The van der Waals surface area contributed by atoms with Crippen LogP contribution in [0.3, 0.4) is 0 Å². The van der Waals surface area contributed by atoms with E-state index in [-0.39, 0.29) is 62.2 Å². The molecule has 5 heterocycles. The van der Waals surface area contributed by atoms with E-state index in [1.807, 2.05) is 17.7 Å². The fourth-order valence-electron chi connectivity index (χ4n) is 7.00. The molecule has 3 amide bonds. The Morgan fingerprint density at radius 2 is 1.39 bits per heavy atom. The Balaban J connectivity index is 0.734. The number of nitrogens with one attached hydrogen (secondary N) is 1. The number of allylic oxidation sites excluding steroid dienone is 1. The zero-order chi connectivity index (χ0) is 41.5. The van der Waals surface area contributed by atoms with Crippen LogP contribution in [-0.2, 0) is 37.0 Å². The van der Waals surface area contributed by atoms with Gasteiger partial charge in [-0.15, -0.1) is 0 Å². The molecule has 2 aromatic carbocycles. The number of piperidine rings is 1. The molecule has 1 fully saturated rings. The standard InChI is InChI=1S/C42H42F3N5O9/c1-26-3-9-35(39(51)47-26)50-40(52)31-7-5-28(24-32(31)41(50)53)58-21-19-56-17-15-54-13-14-55-16-18-57-20-22-59-37-10-8-29(38(48-37)42(43,44)45)27-4-6-30-33-25-46-12-11-34(33)49(2)36(30)23-27/h4-8,10-12,23-25,35H,1,3,9,13-22H2,2H3,(H,47,51). The summed E-state index contributed by atoms with van der Waals surface area (Å²) in [6.45, 7) is 6.14. The van der Waals surface area contributed by atoms with Crippen LogP contribution in [0.5, 0.6) is 11.6 Å². The van der Waals surface area contributed by atoms with E-state index in [1.54, 1.807) is 36.7 Å². The molecule has 14 nitrogen and oxygen atoms in total. The van der Waals surface area contributed by atoms with Gasteiger partial charge in [-0.2, -0.15) is 13.2 Å². The van der Waals surface area contributed by atoms with Crippen molar-refractivity contribution in [3.05, 3.63) is 96.1 Å². The zero-order valence-corrected chi connectivity index (χ0v) is 32.2. The minimum absolute atomic E-state index is 0.000589. The van der Waals surface area contributed by atoms with Crippen LogP contribution in [0.15, 0.2) is 79.3 Å². The number of fused-ring (bicyclic) bond motifs is 4. The normalized spacial score (nSPS) is 15.7. The number of pyridine rings is 2. The summed E-state index contributed by atoms with van der Waals surface area (Å²) >= 11 is 0. The van der Waals surface area contributed by atoms with Gasteiger partial charge in [-0.1, -0.05) is 18.7 Å². The third-order valence-corrected chi connectivity index (χ3v) is 9.87. The van der Waals surface area contributed by atoms with Gasteiger partial charge in [-0.05, 0) is 54.8 Å². The molecule has 0 saturated carbocycles. The van der Waals surface area contributed by atoms with Gasteiger partial charge in [-0.25, -0.2) is 4.98 Å². The number of alkyl halides is 3. The van der Waals surface area contributed by atoms with Crippen molar-refractivity contribution in [1.82, 2.24) is 24.8 Å². The van der Waals surface area contributed by atoms with Crippen molar-refractivity contribution in [3.8, 4) is 22.8 Å². The third kappa shape index (κ3) is 9.38. The van der Waals surface area contributed by atoms with Crippen LogP contribution in [0.25, 0.3) is 32.9 Å². The molecular weight excluding hydrogens is 775 g/mol. The first-order valence-corrected chi connectivity index (χ1v) is 19.0. The molecule has 1 saturated heterocycles. The molecule has 5 aromatic rings. The Kier molecular flexibility index (Phi) is 12.9. The molecule has 1 unspecified atom stereocenters. The number of ether oxygens (including phenoxy) is 6. The Labute approximate surface area is 336 Å². The van der Waals surface area contributed by atoms with Gasteiger partial charge >= 0.3 is 6.18 Å². The summed E-state index contributed by atoms with van der Waals surface area (Å²) in [5.74, 6) is -1.23. The fourth-order valence-corrected chi connectivity index (χ4v) is 7.00. The maximum absolute atomic E-state index is 14.1. The van der Waals surface area contributed by atoms with Crippen molar-refractivity contribution >= 4 is 39.5 Å². The molecule has 310 valence electrons. The molecule has 2 aliphatic heterocycles. The van der Waals surface area contributed by atoms with E-state index in [4.69, 9.17) is 28.4 Å². The van der Waals surface area contributed by atoms with Crippen LogP contribution in [0, 0.1) is 0 Å². The number of aromatic nitrogens is 3. The predicted octanol–water partition coefficient (Wildman–Crippen LogP) is 5.72. The number of hydrogen-bond donors (Lipinski definition) is 1. The van der Waals surface area contributed by atoms with E-state index < -0.39 is 35.6 Å². The molecule has 59 heavy (non-hydrogen) atoms. The summed E-state index contributed by atoms with van der Waals surface area (Å²) in [6, 6.07) is 13.6. The first-order chi connectivity index (χ1) is 28.5. The SMILES string of the molecule is C=C1CCC(N2C(=O)c3ccc(OCCOCCOCCOCCOCCOc4ccc(-c5ccc6c7cnccc7n(C)c6c5)c(C(F)(F)F)n4)cc3C2=O)C(=O)N1. The van der Waals surface area contributed by atoms with Crippen LogP contribution in [0.4, 0.5) is 13.2 Å². The highest BCUT2D eigenvalue weighted by Crippen LogP contribution is 2.39. The monoisotopic (exact) mass is 817 g/mol. The quantitative estimate of drug-likeness (QED) is 0.0805. The lowest BCUT2D eigenvalue weighted by atomic mass is 10.0. The summed E-state index contributed by atoms with van der Waals surface area (Å²) in [5.41, 5.74) is 1.98. The molecule has 3 aromatic heterocycles. The van der Waals surface area contributed by atoms with Crippen molar-refractivity contribution in [1.29, 1.82) is 0 Å². The van der Waals surface area contributed by atoms with Crippen molar-refractivity contribution in [3.63, 3.8) is 0 Å². The number of hydrogen-bond acceptors (Lipinski definition) is 11. The number of amides is 3. The average Bonchev–Trinajstić information content (AvgIpc) is 3.65. The highest BCUT2D eigenvalue weighted by Gasteiger charge is 2.44. The Morgan fingerprint density at radius 3 is 2.07 bits per heavy atom. The summed E-state index contributed by atoms with van der Waals surface area (Å²) < 4.78 is 77.5. The lowest BCUT2D eigenvalue weighted by molar-refractivity contribution is -0.140. The van der Waals surface area contributed by atoms with Gasteiger partial charge in [0, 0.05) is 53.1 Å². The topological polar surface area (TPSA) is 153 Å². The zero-order valence-electron chi connectivity index (χ0n) is 32.2. The van der Waals surface area contributed by atoms with Crippen molar-refractivity contribution in [2.75, 3.05) is 66.1 Å². The maximum atomic E-state index is 14.1. The van der Waals surface area contributed by atoms with Crippen LogP contribution in [0.2, 0.25) is 0 Å². The lowest BCUT2D eigenvalue weighted by Gasteiger charge is -2.29. The van der Waals surface area contributed by atoms with Gasteiger partial charge in [0.1, 0.15) is 25.0 Å². The molecule has 0 spiro atoms. The first kappa shape index (κ1) is 41.3. The second-order valence-electron chi connectivity index (χ2n) is 13.7. The van der Waals surface area contributed by atoms with Crippen LogP contribution in [-0.4, -0.2) is 109 Å². The van der Waals surface area contributed by atoms with Gasteiger partial charge < -0.3 is 38.3 Å². The highest BCUT2D eigenvalue weighted by molar-refractivity contribution is 6.23. The van der Waals surface area contributed by atoms with Gasteiger partial charge in [0.25, 0.3) is 11.8 Å². The first-order valence-electron chi connectivity index (χ1n) is 19.0. The van der Waals surface area contributed by atoms with Crippen molar-refractivity contribution < 1.29 is 56.0 Å². The van der Waals surface area contributed by atoms with Gasteiger partial charge in [0.2, 0.25) is 11.8 Å². The maximum Gasteiger partial charge on any atom is 0.434 e. The molecule has 0 aliphatic carbocycles. The number of carbonyl (C=O) groups is 3. The fraction of sp³-hybridized carbons (Fsp3) is 0.357. The van der Waals surface area contributed by atoms with Crippen LogP contribution < -0.4 is 14.8 Å². The van der Waals surface area contributed by atoms with Crippen LogP contribution in [0.1, 0.15) is 39.3 Å². The molecule has 0 radical (unpaired) electrons. The van der Waals surface area contributed by atoms with Crippen LogP contribution >= 0.6 is 0 Å². The number of imide groups is 1. The number of nitrogens with zero attached hydrogens (tertiary/aromatic N) is 4. The number of benzene rings is 2. The summed E-state index contributed by atoms with van der Waals surface area (Å²) in [7, 11) is 1.86. The Bertz CT molecular complexity index is 2370. The molecule has 0 bridgehead atoms. The molecular formula is C42H42F3N5O9. The predicted molar refractivity (Wildman–Crippen MR) is 208 cm³/mol. The molecule has 2 aliphatic rings. The van der Waals surface area contributed by atoms with Crippen molar-refractivity contribution in [2.45, 2.75) is 25.1 Å². The van der Waals surface area contributed by atoms with E-state index in [0.29, 0.717) is 56.3 Å². The van der Waals surface area contributed by atoms with Gasteiger partial charge in [0.15, 0.2) is 5.69 Å². The average molecular weight is 818 g/mol. The van der Waals surface area contributed by atoms with E-state index in [2.05, 4.69) is 21.9 Å². The summed E-state index contributed by atoms with van der Waals surface area (Å²) in [6.07, 6.45) is -0.478. The van der Waals surface area contributed by atoms with Gasteiger partial charge in [0.05, 0.1) is 69.5 Å². The third-order valence-electron chi connectivity index (χ3n) is 9.87. The lowest BCUT2D eigenvalue weighted by Crippen LogP contribution is -2.51. The number of aryl methyl sites for hydroxylation is 1. The van der Waals surface area contributed by atoms with Crippen molar-refractivity contribution in [2.24, 2.45) is 7.05 Å². The Hall–Kier alpha value is -5.88. The minimum Gasteiger partial charge on any atom is -0.491 e. The number of carbonyl (C=O) groups excluding carboxylic acids is 3. The van der Waals surface area contributed by atoms with E-state index in [0.717, 1.165) is 26.7 Å². The second-order valence-corrected chi connectivity index (χ2v) is 13.7. The highest BCUT2D eigenvalue weighted by atomic mass is 19.4. The van der Waals surface area contributed by atoms with E-state index >= 15 is 0 Å². The Morgan fingerprint density at radius 1 is 0.746 bits per heavy atom. The van der Waals surface area contributed by atoms with E-state index in [9.17, 15) is 27.6 Å². The molecule has 7 rings (SSSR count). The second kappa shape index (κ2) is 18.4. The molecule has 1 atom stereocenters. The minimum atomic E-state index is -4.70. The molecule has 17 heteroatoms.